The van der Waals surface area contributed by atoms with Gasteiger partial charge in [0.05, 0.1) is 33.5 Å². The predicted octanol–water partition coefficient (Wildman–Crippen LogP) is 5.49. The summed E-state index contributed by atoms with van der Waals surface area (Å²) in [5.41, 5.74) is -0.221. The Labute approximate surface area is 211 Å². The van der Waals surface area contributed by atoms with Gasteiger partial charge in [-0.05, 0) is 92.3 Å². The van der Waals surface area contributed by atoms with Crippen LogP contribution < -0.4 is 0 Å². The normalized spacial score (nSPS) is 16.4. The molecule has 33 heavy (non-hydrogen) atoms. The summed E-state index contributed by atoms with van der Waals surface area (Å²) in [4.78, 5) is 12.2. The molecule has 0 aliphatic heterocycles. The molecule has 193 valence electrons. The van der Waals surface area contributed by atoms with Crippen LogP contribution in [0.4, 0.5) is 0 Å². The third kappa shape index (κ3) is 14.3. The molecule has 0 amide bonds. The second kappa shape index (κ2) is 12.4. The van der Waals surface area contributed by atoms with Gasteiger partial charge in [-0.3, -0.25) is 0 Å². The summed E-state index contributed by atoms with van der Waals surface area (Å²) >= 11 is 0. The Morgan fingerprint density at radius 2 is 1.24 bits per heavy atom. The molecule has 0 bridgehead atoms. The number of ether oxygens (including phenoxy) is 1. The van der Waals surface area contributed by atoms with Gasteiger partial charge in [-0.1, -0.05) is 6.92 Å². The lowest BCUT2D eigenvalue weighted by atomic mass is 10.3. The molecule has 13 heteroatoms. The van der Waals surface area contributed by atoms with Crippen molar-refractivity contribution < 1.29 is 30.7 Å². The summed E-state index contributed by atoms with van der Waals surface area (Å²) < 4.78 is 38.0. The first kappa shape index (κ1) is 33.2. The lowest BCUT2D eigenvalue weighted by molar-refractivity contribution is -0.140. The molecule has 2 unspecified atom stereocenters. The molecular formula is C20H47O7Si6. The maximum Gasteiger partial charge on any atom is 0.647 e. The Morgan fingerprint density at radius 3 is 1.58 bits per heavy atom. The minimum atomic E-state index is -3.46. The van der Waals surface area contributed by atoms with Crippen LogP contribution in [0.3, 0.4) is 0 Å². The number of esters is 1. The number of carbonyl (C=O) groups is 1. The zero-order valence-corrected chi connectivity index (χ0v) is 29.3. The second-order valence-corrected chi connectivity index (χ2v) is 33.0. The van der Waals surface area contributed by atoms with E-state index in [2.05, 4.69) is 69.2 Å². The number of carbonyl (C=O) groups excluding carboxylic acids is 1. The summed E-state index contributed by atoms with van der Waals surface area (Å²) in [6, 6.07) is 0. The van der Waals surface area contributed by atoms with E-state index < -0.39 is 48.3 Å². The Hall–Kier alpha value is 0.151. The van der Waals surface area contributed by atoms with Crippen molar-refractivity contribution in [2.75, 3.05) is 0 Å². The van der Waals surface area contributed by atoms with Crippen LogP contribution in [0, 0.1) is 0 Å². The van der Waals surface area contributed by atoms with Gasteiger partial charge in [-0.15, -0.1) is 0 Å². The molecule has 0 aromatic rings. The highest BCUT2D eigenvalue weighted by Gasteiger charge is 2.56. The molecule has 0 aliphatic carbocycles. The quantitative estimate of drug-likeness (QED) is 0.119. The molecule has 0 N–H and O–H groups in total. The molecule has 0 aromatic heterocycles. The van der Waals surface area contributed by atoms with Gasteiger partial charge in [0.15, 0.2) is 25.0 Å². The summed E-state index contributed by atoms with van der Waals surface area (Å²) in [5.74, 6) is -0.412. The van der Waals surface area contributed by atoms with Crippen molar-refractivity contribution in [1.29, 1.82) is 0 Å². The zero-order valence-electron chi connectivity index (χ0n) is 23.3. The van der Waals surface area contributed by atoms with Gasteiger partial charge in [0.25, 0.3) is 8.32 Å². The van der Waals surface area contributed by atoms with Gasteiger partial charge in [0.1, 0.15) is 0 Å². The fourth-order valence-electron chi connectivity index (χ4n) is 2.31. The summed E-state index contributed by atoms with van der Waals surface area (Å²) in [5, 5.41) is 0. The summed E-state index contributed by atoms with van der Waals surface area (Å²) in [6.45, 7) is 28.8. The molecule has 0 saturated heterocycles. The lowest BCUT2D eigenvalue weighted by Crippen LogP contribution is -2.65. The van der Waals surface area contributed by atoms with E-state index in [0.29, 0.717) is 12.0 Å². The number of hydrogen-bond acceptors (Lipinski definition) is 7. The lowest BCUT2D eigenvalue weighted by Gasteiger charge is -2.43. The Balaban J connectivity index is 5.87. The summed E-state index contributed by atoms with van der Waals surface area (Å²) in [6.07, 6.45) is 2.17. The van der Waals surface area contributed by atoms with E-state index in [1.54, 1.807) is 6.92 Å². The highest BCUT2D eigenvalue weighted by Crippen LogP contribution is 2.30. The van der Waals surface area contributed by atoms with E-state index in [1.807, 2.05) is 26.9 Å². The van der Waals surface area contributed by atoms with E-state index in [1.165, 1.54) is 6.26 Å². The molecule has 0 heterocycles. The van der Waals surface area contributed by atoms with Crippen molar-refractivity contribution in [3.8, 4) is 0 Å². The van der Waals surface area contributed by atoms with Crippen LogP contribution in [0.5, 0.6) is 0 Å². The van der Waals surface area contributed by atoms with Crippen molar-refractivity contribution in [3.05, 3.63) is 11.8 Å². The maximum atomic E-state index is 12.2. The smallest absolute Gasteiger partial charge is 0.546 e. The topological polar surface area (TPSA) is 72.5 Å². The van der Waals surface area contributed by atoms with Crippen LogP contribution in [-0.4, -0.2) is 70.0 Å². The molecule has 0 rings (SSSR count). The van der Waals surface area contributed by atoms with E-state index in [9.17, 15) is 4.79 Å². The minimum absolute atomic E-state index is 0.299. The SMILES string of the molecule is CCC([Si])OC(=O)/C(C)=C/O[Si](C)(C)C(C)O[Si](O[Si](C)(C)C)(O[Si](C)(C)C)O[Si](C)(C)C. The van der Waals surface area contributed by atoms with Crippen molar-refractivity contribution in [2.45, 2.75) is 111 Å². The van der Waals surface area contributed by atoms with E-state index in [0.717, 1.165) is 0 Å². The fraction of sp³-hybridized carbons (Fsp3) is 0.850. The first-order valence-corrected chi connectivity index (χ1v) is 27.0. The molecule has 0 aromatic carbocycles. The fourth-order valence-corrected chi connectivity index (χ4v) is 16.3. The Morgan fingerprint density at radius 1 is 0.848 bits per heavy atom. The first-order chi connectivity index (χ1) is 14.5. The third-order valence-corrected chi connectivity index (χ3v) is 18.6. The van der Waals surface area contributed by atoms with Crippen LogP contribution in [-0.2, 0) is 30.7 Å². The molecule has 3 radical (unpaired) electrons. The molecule has 0 saturated carbocycles. The van der Waals surface area contributed by atoms with Gasteiger partial charge in [-0.25, -0.2) is 4.79 Å². The van der Waals surface area contributed by atoms with Crippen LogP contribution in [0.2, 0.25) is 72.0 Å². The van der Waals surface area contributed by atoms with Crippen LogP contribution in [0.1, 0.15) is 27.2 Å². The molecule has 0 aliphatic rings. The molecule has 2 atom stereocenters. The van der Waals surface area contributed by atoms with Crippen LogP contribution in [0.25, 0.3) is 0 Å². The van der Waals surface area contributed by atoms with E-state index in [-0.39, 0.29) is 11.5 Å². The Bertz CT molecular complexity index is 624. The third-order valence-electron chi connectivity index (χ3n) is 4.08. The predicted molar refractivity (Wildman–Crippen MR) is 148 cm³/mol. The van der Waals surface area contributed by atoms with Gasteiger partial charge in [0, 0.05) is 0 Å². The monoisotopic (exact) mass is 567 g/mol. The van der Waals surface area contributed by atoms with Crippen molar-refractivity contribution in [1.82, 2.24) is 0 Å². The second-order valence-electron chi connectivity index (χ2n) is 11.7. The van der Waals surface area contributed by atoms with Gasteiger partial charge >= 0.3 is 15.0 Å². The van der Waals surface area contributed by atoms with E-state index in [4.69, 9.17) is 25.9 Å². The standard InChI is InChI=1S/C20H47O7Si6/c1-15-19(28)23-20(21)17(2)16-22-32(13,14)18(3)24-33(25-29(4,5)6,26-30(7,8)9)27-31(10,11)12/h16,18-19H,15H2,1-14H3/b17-16+. The average molecular weight is 568 g/mol. The highest BCUT2D eigenvalue weighted by atomic mass is 28.5. The zero-order chi connectivity index (χ0) is 26.5. The minimum Gasteiger partial charge on any atom is -0.546 e. The van der Waals surface area contributed by atoms with Crippen molar-refractivity contribution in [3.63, 3.8) is 0 Å². The molecular weight excluding hydrogens is 521 g/mol. The molecule has 7 nitrogen and oxygen atoms in total. The largest absolute Gasteiger partial charge is 0.647 e. The Kier molecular flexibility index (Phi) is 12.5. The van der Waals surface area contributed by atoms with Gasteiger partial charge < -0.3 is 25.9 Å². The van der Waals surface area contributed by atoms with E-state index >= 15 is 0 Å². The van der Waals surface area contributed by atoms with Crippen molar-refractivity contribution >= 4 is 58.5 Å². The molecule has 0 fully saturated rings. The highest BCUT2D eigenvalue weighted by molar-refractivity contribution is 6.88. The average Bonchev–Trinajstić information content (AvgIpc) is 2.54. The van der Waals surface area contributed by atoms with Gasteiger partial charge in [0.2, 0.25) is 0 Å². The van der Waals surface area contributed by atoms with Crippen LogP contribution >= 0.6 is 0 Å². The van der Waals surface area contributed by atoms with Crippen LogP contribution in [0.15, 0.2) is 11.8 Å². The maximum absolute atomic E-state index is 12.2. The number of rotatable bonds is 14. The van der Waals surface area contributed by atoms with Crippen molar-refractivity contribution in [2.24, 2.45) is 0 Å². The molecule has 0 spiro atoms. The summed E-state index contributed by atoms with van der Waals surface area (Å²) in [7, 11) is -8.75. The number of hydrogen-bond donors (Lipinski definition) is 0. The first-order valence-electron chi connectivity index (χ1n) is 11.6. The van der Waals surface area contributed by atoms with Gasteiger partial charge in [-0.2, -0.15) is 0 Å².